The first-order valence-corrected chi connectivity index (χ1v) is 9.51. The Morgan fingerprint density at radius 3 is 2.29 bits per heavy atom. The molecule has 0 fully saturated rings. The Hall–Kier alpha value is -4.20. The van der Waals surface area contributed by atoms with Crippen LogP contribution < -0.4 is 16.4 Å². The lowest BCUT2D eigenvalue weighted by molar-refractivity contribution is -0.147. The van der Waals surface area contributed by atoms with Crippen molar-refractivity contribution >= 4 is 40.2 Å². The molecule has 0 aliphatic rings. The van der Waals surface area contributed by atoms with Crippen molar-refractivity contribution in [1.29, 1.82) is 0 Å². The molecule has 8 heteroatoms. The molecule has 0 radical (unpaired) electrons. The zero-order valence-electron chi connectivity index (χ0n) is 16.6. The van der Waals surface area contributed by atoms with Crippen molar-refractivity contribution in [3.8, 4) is 0 Å². The first-order chi connectivity index (χ1) is 14.9. The summed E-state index contributed by atoms with van der Waals surface area (Å²) in [5.41, 5.74) is 6.74. The van der Waals surface area contributed by atoms with E-state index in [1.807, 2.05) is 42.5 Å². The van der Waals surface area contributed by atoms with Gasteiger partial charge in [0.15, 0.2) is 6.61 Å². The number of hydrogen-bond donors (Lipinski definition) is 3. The molecule has 0 atom stereocenters. The van der Waals surface area contributed by atoms with Crippen molar-refractivity contribution in [2.24, 2.45) is 5.73 Å². The predicted molar refractivity (Wildman–Crippen MR) is 115 cm³/mol. The van der Waals surface area contributed by atoms with Crippen LogP contribution in [0.4, 0.5) is 5.69 Å². The van der Waals surface area contributed by atoms with E-state index < -0.39 is 24.4 Å². The summed E-state index contributed by atoms with van der Waals surface area (Å²) < 4.78 is 4.87. The van der Waals surface area contributed by atoms with Gasteiger partial charge in [0, 0.05) is 11.3 Å². The van der Waals surface area contributed by atoms with Crippen LogP contribution in [-0.4, -0.2) is 36.8 Å². The molecular weight excluding hydrogens is 398 g/mol. The quantitative estimate of drug-likeness (QED) is 0.480. The van der Waals surface area contributed by atoms with Crippen LogP contribution in [0.15, 0.2) is 66.7 Å². The highest BCUT2D eigenvalue weighted by molar-refractivity contribution is 5.96. The van der Waals surface area contributed by atoms with Crippen molar-refractivity contribution in [1.82, 2.24) is 5.32 Å². The number of amides is 3. The SMILES string of the molecule is NC(=O)c1ccc(NC(=O)COC(=O)CNC(=O)Cc2cccc3ccccc23)cc1. The van der Waals surface area contributed by atoms with Crippen LogP contribution in [0, 0.1) is 0 Å². The minimum atomic E-state index is -0.731. The predicted octanol–water partition coefficient (Wildman–Crippen LogP) is 1.78. The second-order valence-corrected chi connectivity index (χ2v) is 6.74. The lowest BCUT2D eigenvalue weighted by Gasteiger charge is -2.09. The number of carbonyl (C=O) groups excluding carboxylic acids is 4. The van der Waals surface area contributed by atoms with Gasteiger partial charge in [0.05, 0.1) is 6.42 Å². The van der Waals surface area contributed by atoms with Gasteiger partial charge in [0.2, 0.25) is 11.8 Å². The number of nitrogens with two attached hydrogens (primary N) is 1. The van der Waals surface area contributed by atoms with Crippen LogP contribution in [0.2, 0.25) is 0 Å². The summed E-state index contributed by atoms with van der Waals surface area (Å²) in [6, 6.07) is 19.4. The Morgan fingerprint density at radius 1 is 0.839 bits per heavy atom. The summed E-state index contributed by atoms with van der Waals surface area (Å²) in [6.45, 7) is -0.847. The molecule has 8 nitrogen and oxygen atoms in total. The van der Waals surface area contributed by atoms with E-state index in [0.29, 0.717) is 11.3 Å². The summed E-state index contributed by atoms with van der Waals surface area (Å²) in [4.78, 5) is 46.9. The fraction of sp³-hybridized carbons (Fsp3) is 0.130. The molecule has 0 saturated heterocycles. The van der Waals surface area contributed by atoms with Gasteiger partial charge < -0.3 is 21.1 Å². The number of fused-ring (bicyclic) bond motifs is 1. The minimum absolute atomic E-state index is 0.121. The molecule has 3 rings (SSSR count). The Morgan fingerprint density at radius 2 is 1.55 bits per heavy atom. The lowest BCUT2D eigenvalue weighted by Crippen LogP contribution is -2.33. The highest BCUT2D eigenvalue weighted by Gasteiger charge is 2.11. The zero-order valence-corrected chi connectivity index (χ0v) is 16.6. The van der Waals surface area contributed by atoms with Crippen LogP contribution in [0.3, 0.4) is 0 Å². The first kappa shape index (κ1) is 21.5. The lowest BCUT2D eigenvalue weighted by atomic mass is 10.0. The number of carbonyl (C=O) groups is 4. The largest absolute Gasteiger partial charge is 0.454 e. The van der Waals surface area contributed by atoms with Crippen LogP contribution in [0.25, 0.3) is 10.8 Å². The maximum atomic E-state index is 12.2. The average molecular weight is 419 g/mol. The van der Waals surface area contributed by atoms with Crippen LogP contribution in [0.5, 0.6) is 0 Å². The second kappa shape index (κ2) is 10.0. The molecule has 3 aromatic rings. The van der Waals surface area contributed by atoms with Crippen molar-refractivity contribution < 1.29 is 23.9 Å². The summed E-state index contributed by atoms with van der Waals surface area (Å²) in [7, 11) is 0. The van der Waals surface area contributed by atoms with E-state index in [1.165, 1.54) is 24.3 Å². The third-order valence-electron chi connectivity index (χ3n) is 4.48. The van der Waals surface area contributed by atoms with Crippen LogP contribution >= 0.6 is 0 Å². The smallest absolute Gasteiger partial charge is 0.325 e. The topological polar surface area (TPSA) is 128 Å². The molecule has 0 aliphatic heterocycles. The number of esters is 1. The zero-order chi connectivity index (χ0) is 22.2. The summed E-state index contributed by atoms with van der Waals surface area (Å²) in [5.74, 6) is -2.19. The Kier molecular flexibility index (Phi) is 6.95. The number of rotatable bonds is 8. The van der Waals surface area contributed by atoms with Gasteiger partial charge in [-0.15, -0.1) is 0 Å². The van der Waals surface area contributed by atoms with Crippen LogP contribution in [0.1, 0.15) is 15.9 Å². The highest BCUT2D eigenvalue weighted by atomic mass is 16.5. The van der Waals surface area contributed by atoms with Crippen molar-refractivity contribution in [2.75, 3.05) is 18.5 Å². The van der Waals surface area contributed by atoms with Gasteiger partial charge in [-0.3, -0.25) is 19.2 Å². The third-order valence-corrected chi connectivity index (χ3v) is 4.48. The van der Waals surface area contributed by atoms with Crippen molar-refractivity contribution in [3.63, 3.8) is 0 Å². The number of nitrogens with one attached hydrogen (secondary N) is 2. The van der Waals surface area contributed by atoms with E-state index in [9.17, 15) is 19.2 Å². The maximum absolute atomic E-state index is 12.2. The van der Waals surface area contributed by atoms with E-state index in [2.05, 4.69) is 10.6 Å². The van der Waals surface area contributed by atoms with Crippen molar-refractivity contribution in [3.05, 3.63) is 77.9 Å². The van der Waals surface area contributed by atoms with Gasteiger partial charge >= 0.3 is 5.97 Å². The number of ether oxygens (including phenoxy) is 1. The van der Waals surface area contributed by atoms with Crippen molar-refractivity contribution in [2.45, 2.75) is 6.42 Å². The highest BCUT2D eigenvalue weighted by Crippen LogP contribution is 2.18. The molecule has 0 heterocycles. The normalized spacial score (nSPS) is 10.3. The summed E-state index contributed by atoms with van der Waals surface area (Å²) >= 11 is 0. The van der Waals surface area contributed by atoms with Gasteiger partial charge in [0.25, 0.3) is 5.91 Å². The molecule has 31 heavy (non-hydrogen) atoms. The molecule has 0 bridgehead atoms. The summed E-state index contributed by atoms with van der Waals surface area (Å²) in [6.07, 6.45) is 0.121. The molecule has 3 amide bonds. The number of primary amides is 1. The fourth-order valence-corrected chi connectivity index (χ4v) is 2.96. The summed E-state index contributed by atoms with van der Waals surface area (Å²) in [5, 5.41) is 7.02. The van der Waals surface area contributed by atoms with Gasteiger partial charge in [0.1, 0.15) is 6.54 Å². The second-order valence-electron chi connectivity index (χ2n) is 6.74. The van der Waals surface area contributed by atoms with E-state index >= 15 is 0 Å². The molecule has 0 aliphatic carbocycles. The van der Waals surface area contributed by atoms with Gasteiger partial charge in [-0.2, -0.15) is 0 Å². The molecule has 3 aromatic carbocycles. The Balaban J connectivity index is 1.41. The molecule has 4 N–H and O–H groups in total. The number of anilines is 1. The van der Waals surface area contributed by atoms with E-state index in [0.717, 1.165) is 16.3 Å². The average Bonchev–Trinajstić information content (AvgIpc) is 2.77. The van der Waals surface area contributed by atoms with Gasteiger partial charge in [-0.1, -0.05) is 42.5 Å². The van der Waals surface area contributed by atoms with E-state index in [4.69, 9.17) is 10.5 Å². The standard InChI is InChI=1S/C23H21N3O5/c24-23(30)16-8-10-18(11-9-16)26-21(28)14-31-22(29)13-25-20(27)12-17-6-3-5-15-4-1-2-7-19(15)17/h1-11H,12-14H2,(H2,24,30)(H,25,27)(H,26,28). The fourth-order valence-electron chi connectivity index (χ4n) is 2.96. The maximum Gasteiger partial charge on any atom is 0.325 e. The third kappa shape index (κ3) is 6.14. The molecule has 0 aromatic heterocycles. The minimum Gasteiger partial charge on any atom is -0.454 e. The van der Waals surface area contributed by atoms with Gasteiger partial charge in [-0.05, 0) is 40.6 Å². The molecule has 0 unspecified atom stereocenters. The number of benzene rings is 3. The van der Waals surface area contributed by atoms with Crippen LogP contribution in [-0.2, 0) is 25.5 Å². The number of hydrogen-bond acceptors (Lipinski definition) is 5. The molecular formula is C23H21N3O5. The van der Waals surface area contributed by atoms with E-state index in [1.54, 1.807) is 0 Å². The molecule has 0 saturated carbocycles. The first-order valence-electron chi connectivity index (χ1n) is 9.51. The Labute approximate surface area is 178 Å². The Bertz CT molecular complexity index is 1120. The molecule has 0 spiro atoms. The van der Waals surface area contributed by atoms with E-state index in [-0.39, 0.29) is 18.9 Å². The monoisotopic (exact) mass is 419 g/mol. The van der Waals surface area contributed by atoms with Gasteiger partial charge in [-0.25, -0.2) is 0 Å². The molecule has 158 valence electrons.